The number of hydrogen-bond acceptors (Lipinski definition) is 4. The maximum Gasteiger partial charge on any atom is 0.169 e. The highest BCUT2D eigenvalue weighted by Crippen LogP contribution is 2.38. The highest BCUT2D eigenvalue weighted by Gasteiger charge is 2.24. The summed E-state index contributed by atoms with van der Waals surface area (Å²) in [5, 5.41) is 5.80. The zero-order valence-electron chi connectivity index (χ0n) is 23.3. The number of rotatable bonds is 5. The molecule has 1 N–H and O–H groups in total. The fourth-order valence-corrected chi connectivity index (χ4v) is 5.91. The van der Waals surface area contributed by atoms with Crippen LogP contribution in [0.1, 0.15) is 22.9 Å². The van der Waals surface area contributed by atoms with Crippen molar-refractivity contribution in [2.45, 2.75) is 6.17 Å². The molecule has 1 aliphatic heterocycles. The number of amidine groups is 2. The van der Waals surface area contributed by atoms with Gasteiger partial charge in [0.15, 0.2) is 6.17 Å². The van der Waals surface area contributed by atoms with Gasteiger partial charge in [-0.3, -0.25) is 0 Å². The molecule has 0 bridgehead atoms. The lowest BCUT2D eigenvalue weighted by atomic mass is 9.94. The molecule has 0 saturated heterocycles. The molecule has 1 aliphatic rings. The van der Waals surface area contributed by atoms with E-state index in [0.717, 1.165) is 67.0 Å². The van der Waals surface area contributed by atoms with Crippen LogP contribution in [0.15, 0.2) is 166 Å². The lowest BCUT2D eigenvalue weighted by molar-refractivity contribution is 0.669. The molecule has 0 radical (unpaired) electrons. The van der Waals surface area contributed by atoms with Gasteiger partial charge in [-0.15, -0.1) is 0 Å². The van der Waals surface area contributed by atoms with Crippen molar-refractivity contribution in [3.8, 4) is 22.3 Å². The van der Waals surface area contributed by atoms with Crippen molar-refractivity contribution >= 4 is 33.6 Å². The van der Waals surface area contributed by atoms with Crippen LogP contribution in [-0.4, -0.2) is 11.7 Å². The van der Waals surface area contributed by atoms with Gasteiger partial charge in [-0.25, -0.2) is 9.98 Å². The van der Waals surface area contributed by atoms with Crippen molar-refractivity contribution in [3.05, 3.63) is 168 Å². The molecular weight excluding hydrogens is 526 g/mol. The lowest BCUT2D eigenvalue weighted by Crippen LogP contribution is -2.36. The Hall–Kier alpha value is -5.74. The molecule has 1 aromatic heterocycles. The van der Waals surface area contributed by atoms with Gasteiger partial charge >= 0.3 is 0 Å². The fraction of sp³-hybridized carbons (Fsp3) is 0.0256. The van der Waals surface area contributed by atoms with Crippen LogP contribution in [-0.2, 0) is 0 Å². The number of aliphatic imine (C=N–C) groups is 2. The van der Waals surface area contributed by atoms with E-state index in [1.54, 1.807) is 0 Å². The van der Waals surface area contributed by atoms with E-state index < -0.39 is 6.17 Å². The zero-order valence-corrected chi connectivity index (χ0v) is 23.3. The monoisotopic (exact) mass is 553 g/mol. The van der Waals surface area contributed by atoms with Crippen LogP contribution in [0.2, 0.25) is 0 Å². The molecule has 0 spiro atoms. The van der Waals surface area contributed by atoms with E-state index in [1.165, 1.54) is 5.56 Å². The Bertz CT molecular complexity index is 2160. The number of hydrogen-bond donors (Lipinski definition) is 1. The van der Waals surface area contributed by atoms with Gasteiger partial charge in [-0.2, -0.15) is 0 Å². The Morgan fingerprint density at radius 3 is 1.91 bits per heavy atom. The van der Waals surface area contributed by atoms with E-state index in [9.17, 15) is 0 Å². The van der Waals surface area contributed by atoms with E-state index in [1.807, 2.05) is 42.5 Å². The second-order valence-corrected chi connectivity index (χ2v) is 10.6. The van der Waals surface area contributed by atoms with Crippen LogP contribution in [0.4, 0.5) is 0 Å². The molecule has 1 atom stereocenters. The highest BCUT2D eigenvalue weighted by molar-refractivity contribution is 6.20. The molecule has 4 nitrogen and oxygen atoms in total. The molecule has 7 aromatic rings. The molecule has 204 valence electrons. The molecule has 8 rings (SSSR count). The summed E-state index contributed by atoms with van der Waals surface area (Å²) < 4.78 is 6.23. The molecule has 0 saturated carbocycles. The second-order valence-electron chi connectivity index (χ2n) is 10.6. The first-order chi connectivity index (χ1) is 21.3. The molecule has 4 heteroatoms. The summed E-state index contributed by atoms with van der Waals surface area (Å²) in [6, 6.07) is 52.1. The molecule has 0 amide bonds. The first-order valence-electron chi connectivity index (χ1n) is 14.5. The Kier molecular flexibility index (Phi) is 6.16. The fourth-order valence-electron chi connectivity index (χ4n) is 5.91. The number of para-hydroxylation sites is 1. The van der Waals surface area contributed by atoms with E-state index in [0.29, 0.717) is 0 Å². The van der Waals surface area contributed by atoms with Crippen LogP contribution in [0.3, 0.4) is 0 Å². The maximum absolute atomic E-state index is 6.23. The van der Waals surface area contributed by atoms with Crippen molar-refractivity contribution in [3.63, 3.8) is 0 Å². The van der Waals surface area contributed by atoms with E-state index in [2.05, 4.69) is 115 Å². The van der Waals surface area contributed by atoms with Gasteiger partial charge in [0.25, 0.3) is 0 Å². The van der Waals surface area contributed by atoms with Crippen molar-refractivity contribution in [2.75, 3.05) is 0 Å². The first-order valence-corrected chi connectivity index (χ1v) is 14.5. The van der Waals surface area contributed by atoms with Crippen molar-refractivity contribution in [1.29, 1.82) is 0 Å². The largest absolute Gasteiger partial charge is 0.456 e. The zero-order chi connectivity index (χ0) is 28.6. The summed E-state index contributed by atoms with van der Waals surface area (Å²) in [7, 11) is 0. The number of nitrogens with one attached hydrogen (secondary N) is 1. The third kappa shape index (κ3) is 4.59. The standard InChI is InChI=1S/C39H27N3O/c1-3-13-26(14-4-1)28-17-11-18-29(25-28)38-40-37(27-15-5-2-6-16-27)41-39(42-38)32-20-8-7-19-30(32)31-22-12-24-35-36(31)33-21-9-10-23-34(33)43-35/h1-25,38H,(H,40,41,42). The molecule has 1 unspecified atom stereocenters. The molecule has 6 aromatic carbocycles. The topological polar surface area (TPSA) is 49.9 Å². The Morgan fingerprint density at radius 1 is 0.465 bits per heavy atom. The molecular formula is C39H27N3O. The minimum atomic E-state index is -0.409. The van der Waals surface area contributed by atoms with Gasteiger partial charge in [0.05, 0.1) is 0 Å². The summed E-state index contributed by atoms with van der Waals surface area (Å²) in [6.07, 6.45) is -0.409. The summed E-state index contributed by atoms with van der Waals surface area (Å²) in [5.74, 6) is 1.58. The lowest BCUT2D eigenvalue weighted by Gasteiger charge is -2.24. The summed E-state index contributed by atoms with van der Waals surface area (Å²) >= 11 is 0. The molecule has 43 heavy (non-hydrogen) atoms. The quantitative estimate of drug-likeness (QED) is 0.231. The van der Waals surface area contributed by atoms with Gasteiger partial charge in [0.1, 0.15) is 22.8 Å². The first kappa shape index (κ1) is 25.0. The molecule has 2 heterocycles. The van der Waals surface area contributed by atoms with Crippen molar-refractivity contribution in [1.82, 2.24) is 5.32 Å². The minimum Gasteiger partial charge on any atom is -0.456 e. The SMILES string of the molecule is c1ccc(C2=NC(c3cccc(-c4ccccc4)c3)N=C(c3ccccc3-c3cccc4oc5ccccc5c34)N2)cc1. The molecule has 0 fully saturated rings. The predicted octanol–water partition coefficient (Wildman–Crippen LogP) is 9.42. The number of furan rings is 1. The van der Waals surface area contributed by atoms with E-state index >= 15 is 0 Å². The van der Waals surface area contributed by atoms with Crippen molar-refractivity contribution < 1.29 is 4.42 Å². The summed E-state index contributed by atoms with van der Waals surface area (Å²) in [6.45, 7) is 0. The van der Waals surface area contributed by atoms with E-state index in [4.69, 9.17) is 14.4 Å². The highest BCUT2D eigenvalue weighted by atomic mass is 16.3. The Morgan fingerprint density at radius 2 is 1.07 bits per heavy atom. The van der Waals surface area contributed by atoms with Crippen LogP contribution >= 0.6 is 0 Å². The van der Waals surface area contributed by atoms with Gasteiger partial charge in [0.2, 0.25) is 0 Å². The minimum absolute atomic E-state index is 0.409. The Labute approximate surface area is 249 Å². The van der Waals surface area contributed by atoms with Crippen molar-refractivity contribution in [2.24, 2.45) is 9.98 Å². The smallest absolute Gasteiger partial charge is 0.169 e. The van der Waals surface area contributed by atoms with Gasteiger partial charge in [-0.05, 0) is 46.0 Å². The maximum atomic E-state index is 6.23. The summed E-state index contributed by atoms with van der Waals surface area (Å²) in [4.78, 5) is 10.4. The predicted molar refractivity (Wildman–Crippen MR) is 176 cm³/mol. The van der Waals surface area contributed by atoms with E-state index in [-0.39, 0.29) is 0 Å². The number of nitrogens with zero attached hydrogens (tertiary/aromatic N) is 2. The van der Waals surface area contributed by atoms with Gasteiger partial charge < -0.3 is 9.73 Å². The van der Waals surface area contributed by atoms with Crippen LogP contribution < -0.4 is 5.32 Å². The number of fused-ring (bicyclic) bond motifs is 3. The van der Waals surface area contributed by atoms with Gasteiger partial charge in [-0.1, -0.05) is 133 Å². The third-order valence-electron chi connectivity index (χ3n) is 7.95. The average molecular weight is 554 g/mol. The number of benzene rings is 6. The second kappa shape index (κ2) is 10.6. The third-order valence-corrected chi connectivity index (χ3v) is 7.95. The normalized spacial score (nSPS) is 14.7. The summed E-state index contributed by atoms with van der Waals surface area (Å²) in [5.41, 5.74) is 9.30. The van der Waals surface area contributed by atoms with Gasteiger partial charge in [0, 0.05) is 21.9 Å². The van der Waals surface area contributed by atoms with Crippen LogP contribution in [0.5, 0.6) is 0 Å². The van der Waals surface area contributed by atoms with Crippen LogP contribution in [0, 0.1) is 0 Å². The molecule has 0 aliphatic carbocycles. The van der Waals surface area contributed by atoms with Crippen LogP contribution in [0.25, 0.3) is 44.2 Å². The average Bonchev–Trinajstić information content (AvgIpc) is 3.48. The Balaban J connectivity index is 1.29.